The highest BCUT2D eigenvalue weighted by Crippen LogP contribution is 2.44. The summed E-state index contributed by atoms with van der Waals surface area (Å²) in [5, 5.41) is 8.48. The zero-order valence-electron chi connectivity index (χ0n) is 21.3. The summed E-state index contributed by atoms with van der Waals surface area (Å²) in [7, 11) is 0. The molecule has 0 unspecified atom stereocenters. The predicted molar refractivity (Wildman–Crippen MR) is 146 cm³/mol. The van der Waals surface area contributed by atoms with Crippen molar-refractivity contribution in [2.45, 2.75) is 46.5 Å². The molecule has 0 saturated carbocycles. The molecule has 3 aromatic heterocycles. The molecule has 0 radical (unpaired) electrons. The van der Waals surface area contributed by atoms with Gasteiger partial charge in [0.2, 0.25) is 11.8 Å². The standard InChI is InChI=1S/C28H30N6O2S/c1-4-15-33(5-2)24(36)16-19-8-10-21(11-9-19)34-26-22(25(32-34)20-7-6-14-29-17-20)12-13-23-27(26)37-28(31-23)30-18(3)35/h6-11,14,17H,4-5,12-13,15-16H2,1-3H3,(H,30,31,35). The fourth-order valence-electron chi connectivity index (χ4n) is 4.77. The van der Waals surface area contributed by atoms with Crippen LogP contribution in [0.4, 0.5) is 5.13 Å². The van der Waals surface area contributed by atoms with Crippen molar-refractivity contribution in [1.29, 1.82) is 0 Å². The maximum absolute atomic E-state index is 12.7. The van der Waals surface area contributed by atoms with Gasteiger partial charge in [0.1, 0.15) is 0 Å². The van der Waals surface area contributed by atoms with Crippen LogP contribution in [0.2, 0.25) is 0 Å². The number of hydrogen-bond donors (Lipinski definition) is 1. The van der Waals surface area contributed by atoms with Crippen molar-refractivity contribution in [1.82, 2.24) is 24.6 Å². The van der Waals surface area contributed by atoms with E-state index in [-0.39, 0.29) is 11.8 Å². The molecule has 0 bridgehead atoms. The van der Waals surface area contributed by atoms with Crippen molar-refractivity contribution >= 4 is 28.3 Å². The third-order valence-electron chi connectivity index (χ3n) is 6.49. The summed E-state index contributed by atoms with van der Waals surface area (Å²) in [5.41, 5.74) is 6.87. The fourth-order valence-corrected chi connectivity index (χ4v) is 5.88. The lowest BCUT2D eigenvalue weighted by atomic mass is 9.95. The number of carbonyl (C=O) groups is 2. The number of carbonyl (C=O) groups excluding carboxylic acids is 2. The van der Waals surface area contributed by atoms with Gasteiger partial charge >= 0.3 is 0 Å². The number of nitrogens with zero attached hydrogens (tertiary/aromatic N) is 5. The molecule has 0 fully saturated rings. The summed E-state index contributed by atoms with van der Waals surface area (Å²) >= 11 is 1.48. The van der Waals surface area contributed by atoms with E-state index in [9.17, 15) is 9.59 Å². The second kappa shape index (κ2) is 10.6. The first-order valence-electron chi connectivity index (χ1n) is 12.7. The fraction of sp³-hybridized carbons (Fsp3) is 0.321. The van der Waals surface area contributed by atoms with E-state index in [1.54, 1.807) is 6.20 Å². The Bertz CT molecular complexity index is 1430. The van der Waals surface area contributed by atoms with Gasteiger partial charge in [-0.2, -0.15) is 5.10 Å². The van der Waals surface area contributed by atoms with Crippen LogP contribution in [-0.2, 0) is 28.9 Å². The summed E-state index contributed by atoms with van der Waals surface area (Å²) in [6, 6.07) is 12.0. The molecule has 2 amide bonds. The number of likely N-dealkylation sites (N-methyl/N-ethyl adjacent to an activating group) is 1. The summed E-state index contributed by atoms with van der Waals surface area (Å²) in [6.45, 7) is 7.09. The highest BCUT2D eigenvalue weighted by molar-refractivity contribution is 7.19. The van der Waals surface area contributed by atoms with Gasteiger partial charge in [0.05, 0.1) is 34.1 Å². The van der Waals surface area contributed by atoms with E-state index < -0.39 is 0 Å². The molecule has 1 aliphatic rings. The molecule has 37 heavy (non-hydrogen) atoms. The normalized spacial score (nSPS) is 12.1. The molecule has 9 heteroatoms. The van der Waals surface area contributed by atoms with E-state index in [4.69, 9.17) is 5.10 Å². The molecule has 4 aromatic rings. The average molecular weight is 515 g/mol. The minimum Gasteiger partial charge on any atom is -0.343 e. The lowest BCUT2D eigenvalue weighted by Gasteiger charge is -2.20. The van der Waals surface area contributed by atoms with E-state index in [2.05, 4.69) is 22.2 Å². The maximum Gasteiger partial charge on any atom is 0.226 e. The topological polar surface area (TPSA) is 93.0 Å². The molecule has 0 spiro atoms. The van der Waals surface area contributed by atoms with Crippen molar-refractivity contribution in [2.24, 2.45) is 0 Å². The third kappa shape index (κ3) is 5.04. The number of thiazole rings is 1. The van der Waals surface area contributed by atoms with Crippen molar-refractivity contribution in [3.63, 3.8) is 0 Å². The number of anilines is 1. The maximum atomic E-state index is 12.7. The van der Waals surface area contributed by atoms with Crippen molar-refractivity contribution < 1.29 is 9.59 Å². The minimum absolute atomic E-state index is 0.137. The van der Waals surface area contributed by atoms with Crippen molar-refractivity contribution in [3.8, 4) is 27.5 Å². The second-order valence-corrected chi connectivity index (χ2v) is 10.1. The Morgan fingerprint density at radius 3 is 2.62 bits per heavy atom. The van der Waals surface area contributed by atoms with Gasteiger partial charge in [0.25, 0.3) is 0 Å². The molecule has 1 N–H and O–H groups in total. The highest BCUT2D eigenvalue weighted by atomic mass is 32.1. The van der Waals surface area contributed by atoms with Gasteiger partial charge in [-0.05, 0) is 56.0 Å². The number of aromatic nitrogens is 4. The molecule has 0 aliphatic heterocycles. The number of nitrogens with one attached hydrogen (secondary N) is 1. The average Bonchev–Trinajstić information content (AvgIpc) is 3.48. The van der Waals surface area contributed by atoms with Crippen molar-refractivity contribution in [3.05, 3.63) is 65.6 Å². The Hall–Kier alpha value is -3.85. The van der Waals surface area contributed by atoms with E-state index in [1.165, 1.54) is 18.3 Å². The zero-order valence-corrected chi connectivity index (χ0v) is 22.1. The first-order valence-corrected chi connectivity index (χ1v) is 13.5. The Labute approximate surface area is 220 Å². The number of pyridine rings is 1. The number of benzene rings is 1. The van der Waals surface area contributed by atoms with Gasteiger partial charge in [0.15, 0.2) is 5.13 Å². The van der Waals surface area contributed by atoms with Gasteiger partial charge in [0, 0.05) is 43.5 Å². The quantitative estimate of drug-likeness (QED) is 0.360. The number of rotatable bonds is 8. The summed E-state index contributed by atoms with van der Waals surface area (Å²) in [4.78, 5) is 36.3. The first kappa shape index (κ1) is 24.8. The molecular formula is C28H30N6O2S. The van der Waals surface area contributed by atoms with E-state index >= 15 is 0 Å². The van der Waals surface area contributed by atoms with Gasteiger partial charge in [-0.1, -0.05) is 30.4 Å². The van der Waals surface area contributed by atoms with E-state index in [1.807, 2.05) is 59.1 Å². The van der Waals surface area contributed by atoms with Gasteiger partial charge in [-0.3, -0.25) is 14.6 Å². The lowest BCUT2D eigenvalue weighted by molar-refractivity contribution is -0.130. The lowest BCUT2D eigenvalue weighted by Crippen LogP contribution is -2.32. The van der Waals surface area contributed by atoms with Crippen LogP contribution in [0.3, 0.4) is 0 Å². The summed E-state index contributed by atoms with van der Waals surface area (Å²) in [5.74, 6) is 0.00817. The summed E-state index contributed by atoms with van der Waals surface area (Å²) < 4.78 is 1.96. The number of fused-ring (bicyclic) bond motifs is 3. The molecule has 5 rings (SSSR count). The molecule has 190 valence electrons. The number of hydrogen-bond acceptors (Lipinski definition) is 6. The van der Waals surface area contributed by atoms with Crippen LogP contribution in [0.1, 0.15) is 44.0 Å². The Morgan fingerprint density at radius 1 is 1.14 bits per heavy atom. The minimum atomic E-state index is -0.137. The Morgan fingerprint density at radius 2 is 1.95 bits per heavy atom. The zero-order chi connectivity index (χ0) is 25.9. The SMILES string of the molecule is CCCN(CC)C(=O)Cc1ccc(-n2nc(-c3cccnc3)c3c2-c2sc(NC(C)=O)nc2CC3)cc1. The van der Waals surface area contributed by atoms with Gasteiger partial charge in [-0.25, -0.2) is 9.67 Å². The van der Waals surface area contributed by atoms with Crippen molar-refractivity contribution in [2.75, 3.05) is 18.4 Å². The van der Waals surface area contributed by atoms with Crippen LogP contribution < -0.4 is 5.32 Å². The molecule has 1 aromatic carbocycles. The van der Waals surface area contributed by atoms with Crippen LogP contribution >= 0.6 is 11.3 Å². The Kier molecular flexibility index (Phi) is 7.14. The summed E-state index contributed by atoms with van der Waals surface area (Å²) in [6.07, 6.45) is 6.50. The highest BCUT2D eigenvalue weighted by Gasteiger charge is 2.30. The van der Waals surface area contributed by atoms with Gasteiger partial charge in [-0.15, -0.1) is 0 Å². The van der Waals surface area contributed by atoms with Crippen LogP contribution in [0.5, 0.6) is 0 Å². The van der Waals surface area contributed by atoms with Crippen LogP contribution in [-0.4, -0.2) is 49.6 Å². The predicted octanol–water partition coefficient (Wildman–Crippen LogP) is 4.92. The Balaban J connectivity index is 1.54. The van der Waals surface area contributed by atoms with E-state index in [0.717, 1.165) is 76.7 Å². The monoisotopic (exact) mass is 514 g/mol. The smallest absolute Gasteiger partial charge is 0.226 e. The van der Waals surface area contributed by atoms with Crippen LogP contribution in [0, 0.1) is 0 Å². The van der Waals surface area contributed by atoms with Gasteiger partial charge < -0.3 is 10.2 Å². The molecule has 0 saturated heterocycles. The molecule has 8 nitrogen and oxygen atoms in total. The van der Waals surface area contributed by atoms with Crippen LogP contribution in [0.15, 0.2) is 48.8 Å². The molecule has 3 heterocycles. The first-order chi connectivity index (χ1) is 18.0. The molecular weight excluding hydrogens is 484 g/mol. The molecule has 0 atom stereocenters. The number of amides is 2. The second-order valence-electron chi connectivity index (χ2n) is 9.12. The number of aryl methyl sites for hydroxylation is 1. The largest absolute Gasteiger partial charge is 0.343 e. The van der Waals surface area contributed by atoms with Crippen LogP contribution in [0.25, 0.3) is 27.5 Å². The third-order valence-corrected chi connectivity index (χ3v) is 7.51. The van der Waals surface area contributed by atoms with E-state index in [0.29, 0.717) is 11.6 Å². The molecule has 1 aliphatic carbocycles.